The van der Waals surface area contributed by atoms with Crippen LogP contribution in [0.25, 0.3) is 0 Å². The van der Waals surface area contributed by atoms with Crippen molar-refractivity contribution in [3.05, 3.63) is 70.8 Å². The van der Waals surface area contributed by atoms with Crippen LogP contribution in [0.1, 0.15) is 31.8 Å². The first kappa shape index (κ1) is 18.6. The van der Waals surface area contributed by atoms with Gasteiger partial charge in [-0.05, 0) is 29.8 Å². The topological polar surface area (TPSA) is 63.7 Å². The highest BCUT2D eigenvalue weighted by atomic mass is 19.4. The SMILES string of the molecule is COC(=O)[C@H](Cc1ccc(C(F)(F)F)cc1)N1C(=O)c2ccccc2C1=O. The fourth-order valence-electron chi connectivity index (χ4n) is 2.96. The van der Waals surface area contributed by atoms with Gasteiger partial charge >= 0.3 is 12.1 Å². The Kier molecular flexibility index (Phi) is 4.73. The van der Waals surface area contributed by atoms with Gasteiger partial charge in [-0.25, -0.2) is 4.79 Å². The summed E-state index contributed by atoms with van der Waals surface area (Å²) in [6, 6.07) is 9.03. The number of hydrogen-bond acceptors (Lipinski definition) is 4. The molecule has 2 aromatic rings. The smallest absolute Gasteiger partial charge is 0.416 e. The summed E-state index contributed by atoms with van der Waals surface area (Å²) >= 11 is 0. The first-order chi connectivity index (χ1) is 12.7. The minimum Gasteiger partial charge on any atom is -0.467 e. The van der Waals surface area contributed by atoms with Crippen molar-refractivity contribution in [1.82, 2.24) is 4.90 Å². The number of rotatable bonds is 4. The second kappa shape index (κ2) is 6.86. The number of hydrogen-bond donors (Lipinski definition) is 0. The number of amides is 2. The average molecular weight is 377 g/mol. The van der Waals surface area contributed by atoms with Gasteiger partial charge in [0, 0.05) is 6.42 Å². The second-order valence-corrected chi connectivity index (χ2v) is 5.96. The third-order valence-corrected chi connectivity index (χ3v) is 4.32. The predicted octanol–water partition coefficient (Wildman–Crippen LogP) is 3.09. The average Bonchev–Trinajstić information content (AvgIpc) is 2.90. The molecule has 2 amide bonds. The normalized spacial score (nSPS) is 14.9. The van der Waals surface area contributed by atoms with Crippen LogP contribution in [-0.2, 0) is 22.1 Å². The molecule has 3 rings (SSSR count). The Labute approximate surface area is 152 Å². The van der Waals surface area contributed by atoms with Gasteiger partial charge in [0.2, 0.25) is 0 Å². The van der Waals surface area contributed by atoms with Crippen molar-refractivity contribution in [3.8, 4) is 0 Å². The van der Waals surface area contributed by atoms with Crippen LogP contribution in [0, 0.1) is 0 Å². The molecule has 0 N–H and O–H groups in total. The van der Waals surface area contributed by atoms with Crippen LogP contribution in [0.4, 0.5) is 13.2 Å². The first-order valence-corrected chi connectivity index (χ1v) is 7.95. The number of ether oxygens (including phenoxy) is 1. The number of methoxy groups -OCH3 is 1. The summed E-state index contributed by atoms with van der Waals surface area (Å²) in [4.78, 5) is 38.2. The molecular formula is C19H14F3NO4. The molecule has 1 aliphatic rings. The Bertz CT molecular complexity index is 871. The number of esters is 1. The molecule has 0 aliphatic carbocycles. The van der Waals surface area contributed by atoms with E-state index in [0.717, 1.165) is 24.1 Å². The number of carbonyl (C=O) groups excluding carboxylic acids is 3. The summed E-state index contributed by atoms with van der Waals surface area (Å²) in [6.45, 7) is 0. The van der Waals surface area contributed by atoms with Gasteiger partial charge in [0.15, 0.2) is 0 Å². The van der Waals surface area contributed by atoms with Gasteiger partial charge in [-0.1, -0.05) is 24.3 Å². The maximum absolute atomic E-state index is 12.7. The molecule has 0 spiro atoms. The van der Waals surface area contributed by atoms with Gasteiger partial charge < -0.3 is 4.74 Å². The summed E-state index contributed by atoms with van der Waals surface area (Å²) in [5.74, 6) is -2.11. The van der Waals surface area contributed by atoms with Gasteiger partial charge in [-0.15, -0.1) is 0 Å². The number of alkyl halides is 3. The molecule has 0 saturated carbocycles. The lowest BCUT2D eigenvalue weighted by molar-refractivity contribution is -0.145. The fraction of sp³-hybridized carbons (Fsp3) is 0.211. The lowest BCUT2D eigenvalue weighted by Gasteiger charge is -2.24. The molecule has 140 valence electrons. The number of nitrogens with zero attached hydrogens (tertiary/aromatic N) is 1. The van der Waals surface area contributed by atoms with Crippen molar-refractivity contribution in [2.45, 2.75) is 18.6 Å². The van der Waals surface area contributed by atoms with Gasteiger partial charge in [-0.3, -0.25) is 14.5 Å². The Hall–Kier alpha value is -3.16. The highest BCUT2D eigenvalue weighted by molar-refractivity contribution is 6.22. The number of halogens is 3. The Morgan fingerprint density at radius 2 is 1.52 bits per heavy atom. The number of carbonyl (C=O) groups is 3. The van der Waals surface area contributed by atoms with E-state index in [9.17, 15) is 27.6 Å². The zero-order chi connectivity index (χ0) is 19.8. The zero-order valence-electron chi connectivity index (χ0n) is 14.1. The third-order valence-electron chi connectivity index (χ3n) is 4.32. The summed E-state index contributed by atoms with van der Waals surface area (Å²) in [6.07, 6.45) is -4.64. The standard InChI is InChI=1S/C19H14F3NO4/c1-27-18(26)15(10-11-6-8-12(9-7-11)19(20,21)22)23-16(24)13-4-2-3-5-14(13)17(23)25/h2-9,15H,10H2,1H3/t15-/m0/s1. The maximum Gasteiger partial charge on any atom is 0.416 e. The highest BCUT2D eigenvalue weighted by Crippen LogP contribution is 2.30. The number of benzene rings is 2. The van der Waals surface area contributed by atoms with Crippen molar-refractivity contribution >= 4 is 17.8 Å². The largest absolute Gasteiger partial charge is 0.467 e. The molecule has 1 aliphatic heterocycles. The van der Waals surface area contributed by atoms with Crippen LogP contribution >= 0.6 is 0 Å². The third kappa shape index (κ3) is 3.42. The molecular weight excluding hydrogens is 363 g/mol. The number of fused-ring (bicyclic) bond motifs is 1. The van der Waals surface area contributed by atoms with Gasteiger partial charge in [0.1, 0.15) is 6.04 Å². The molecule has 0 aromatic heterocycles. The van der Waals surface area contributed by atoms with Crippen molar-refractivity contribution in [2.24, 2.45) is 0 Å². The minimum absolute atomic E-state index is 0.156. The molecule has 27 heavy (non-hydrogen) atoms. The fourth-order valence-corrected chi connectivity index (χ4v) is 2.96. The molecule has 0 fully saturated rings. The number of imide groups is 1. The highest BCUT2D eigenvalue weighted by Gasteiger charge is 2.43. The lowest BCUT2D eigenvalue weighted by Crippen LogP contribution is -2.46. The lowest BCUT2D eigenvalue weighted by atomic mass is 10.0. The van der Waals surface area contributed by atoms with Crippen LogP contribution in [0.3, 0.4) is 0 Å². The molecule has 0 unspecified atom stereocenters. The summed E-state index contributed by atoms with van der Waals surface area (Å²) in [5, 5.41) is 0. The molecule has 0 saturated heterocycles. The van der Waals surface area contributed by atoms with E-state index >= 15 is 0 Å². The van der Waals surface area contributed by atoms with E-state index in [1.165, 1.54) is 24.3 Å². The molecule has 5 nitrogen and oxygen atoms in total. The van der Waals surface area contributed by atoms with E-state index in [1.54, 1.807) is 12.1 Å². The van der Waals surface area contributed by atoms with Crippen molar-refractivity contribution in [1.29, 1.82) is 0 Å². The van der Waals surface area contributed by atoms with E-state index in [4.69, 9.17) is 4.74 Å². The molecule has 0 bridgehead atoms. The summed E-state index contributed by atoms with van der Waals surface area (Å²) < 4.78 is 42.8. The monoisotopic (exact) mass is 377 g/mol. The van der Waals surface area contributed by atoms with E-state index in [2.05, 4.69) is 0 Å². The first-order valence-electron chi connectivity index (χ1n) is 7.95. The summed E-state index contributed by atoms with van der Waals surface area (Å²) in [5.41, 5.74) is -0.135. The maximum atomic E-state index is 12.7. The van der Waals surface area contributed by atoms with E-state index in [0.29, 0.717) is 5.56 Å². The predicted molar refractivity (Wildman–Crippen MR) is 87.9 cm³/mol. The van der Waals surface area contributed by atoms with Gasteiger partial charge in [0.05, 0.1) is 23.8 Å². The molecule has 1 atom stereocenters. The second-order valence-electron chi connectivity index (χ2n) is 5.96. The summed E-state index contributed by atoms with van der Waals surface area (Å²) in [7, 11) is 1.11. The van der Waals surface area contributed by atoms with Crippen LogP contribution < -0.4 is 0 Å². The molecule has 2 aromatic carbocycles. The molecule has 1 heterocycles. The Morgan fingerprint density at radius 1 is 1.00 bits per heavy atom. The van der Waals surface area contributed by atoms with Crippen LogP contribution in [-0.4, -0.2) is 35.8 Å². The van der Waals surface area contributed by atoms with Crippen molar-refractivity contribution in [3.63, 3.8) is 0 Å². The van der Waals surface area contributed by atoms with Crippen LogP contribution in [0.15, 0.2) is 48.5 Å². The minimum atomic E-state index is -4.48. The van der Waals surface area contributed by atoms with Crippen molar-refractivity contribution < 1.29 is 32.3 Å². The van der Waals surface area contributed by atoms with Crippen molar-refractivity contribution in [2.75, 3.05) is 7.11 Å². The van der Waals surface area contributed by atoms with E-state index in [1.807, 2.05) is 0 Å². The van der Waals surface area contributed by atoms with Crippen LogP contribution in [0.5, 0.6) is 0 Å². The Balaban J connectivity index is 1.91. The van der Waals surface area contributed by atoms with Gasteiger partial charge in [0.25, 0.3) is 11.8 Å². The Morgan fingerprint density at radius 3 is 1.96 bits per heavy atom. The molecule has 8 heteroatoms. The quantitative estimate of drug-likeness (QED) is 0.607. The zero-order valence-corrected chi connectivity index (χ0v) is 14.1. The molecule has 0 radical (unpaired) electrons. The van der Waals surface area contributed by atoms with Crippen LogP contribution in [0.2, 0.25) is 0 Å². The van der Waals surface area contributed by atoms with E-state index in [-0.39, 0.29) is 17.5 Å². The van der Waals surface area contributed by atoms with E-state index < -0.39 is 35.6 Å². The van der Waals surface area contributed by atoms with Gasteiger partial charge in [-0.2, -0.15) is 13.2 Å².